The molecule has 0 unspecified atom stereocenters. The SMILES string of the molecule is COc1ccc([C@@H](C)NC(=O)[C@H]2CCCN(S(C)(=O)=O)C2)cc1. The molecule has 1 heterocycles. The summed E-state index contributed by atoms with van der Waals surface area (Å²) in [7, 11) is -1.63. The molecule has 23 heavy (non-hydrogen) atoms. The molecule has 0 spiro atoms. The molecule has 2 atom stereocenters. The van der Waals surface area contributed by atoms with E-state index in [4.69, 9.17) is 4.74 Å². The van der Waals surface area contributed by atoms with E-state index in [9.17, 15) is 13.2 Å². The Labute approximate surface area is 137 Å². The molecule has 1 aromatic carbocycles. The van der Waals surface area contributed by atoms with Gasteiger partial charge >= 0.3 is 0 Å². The summed E-state index contributed by atoms with van der Waals surface area (Å²) in [6, 6.07) is 7.39. The monoisotopic (exact) mass is 340 g/mol. The molecule has 0 aliphatic carbocycles. The van der Waals surface area contributed by atoms with Crippen LogP contribution in [0.1, 0.15) is 31.4 Å². The van der Waals surface area contributed by atoms with Crippen LogP contribution in [0.15, 0.2) is 24.3 Å². The van der Waals surface area contributed by atoms with Crippen molar-refractivity contribution in [2.24, 2.45) is 5.92 Å². The second-order valence-electron chi connectivity index (χ2n) is 5.96. The van der Waals surface area contributed by atoms with Crippen molar-refractivity contribution in [3.05, 3.63) is 29.8 Å². The molecule has 0 bridgehead atoms. The number of methoxy groups -OCH3 is 1. The molecular weight excluding hydrogens is 316 g/mol. The summed E-state index contributed by atoms with van der Waals surface area (Å²) in [6.07, 6.45) is 2.61. The van der Waals surface area contributed by atoms with Gasteiger partial charge in [0, 0.05) is 13.1 Å². The van der Waals surface area contributed by atoms with Crippen LogP contribution in [0.3, 0.4) is 0 Å². The van der Waals surface area contributed by atoms with Crippen LogP contribution in [-0.4, -0.2) is 45.1 Å². The van der Waals surface area contributed by atoms with Crippen LogP contribution in [-0.2, 0) is 14.8 Å². The quantitative estimate of drug-likeness (QED) is 0.882. The summed E-state index contributed by atoms with van der Waals surface area (Å²) in [4.78, 5) is 12.4. The molecule has 1 fully saturated rings. The Bertz CT molecular complexity index is 643. The molecule has 0 radical (unpaired) electrons. The van der Waals surface area contributed by atoms with Crippen molar-refractivity contribution in [1.82, 2.24) is 9.62 Å². The Morgan fingerprint density at radius 1 is 1.35 bits per heavy atom. The smallest absolute Gasteiger partial charge is 0.224 e. The second-order valence-corrected chi connectivity index (χ2v) is 7.95. The Morgan fingerprint density at radius 2 is 2.00 bits per heavy atom. The number of hydrogen-bond acceptors (Lipinski definition) is 4. The highest BCUT2D eigenvalue weighted by atomic mass is 32.2. The van der Waals surface area contributed by atoms with E-state index in [0.29, 0.717) is 19.4 Å². The van der Waals surface area contributed by atoms with Gasteiger partial charge in [-0.1, -0.05) is 12.1 Å². The number of carbonyl (C=O) groups is 1. The lowest BCUT2D eigenvalue weighted by atomic mass is 9.98. The third-order valence-electron chi connectivity index (χ3n) is 4.20. The standard InChI is InChI=1S/C16H24N2O4S/c1-12(13-6-8-15(22-2)9-7-13)17-16(19)14-5-4-10-18(11-14)23(3,20)21/h6-9,12,14H,4-5,10-11H2,1-3H3,(H,17,19)/t12-,14+/m1/s1. The average Bonchev–Trinajstić information content (AvgIpc) is 2.54. The van der Waals surface area contributed by atoms with Gasteiger partial charge in [0.2, 0.25) is 15.9 Å². The lowest BCUT2D eigenvalue weighted by Gasteiger charge is -2.30. The first-order chi connectivity index (χ1) is 10.8. The molecule has 1 amide bonds. The van der Waals surface area contributed by atoms with Crippen molar-refractivity contribution in [2.75, 3.05) is 26.5 Å². The van der Waals surface area contributed by atoms with E-state index < -0.39 is 10.0 Å². The van der Waals surface area contributed by atoms with Crippen molar-refractivity contribution in [3.63, 3.8) is 0 Å². The number of benzene rings is 1. The summed E-state index contributed by atoms with van der Waals surface area (Å²) in [5, 5.41) is 2.97. The molecule has 7 heteroatoms. The number of piperidine rings is 1. The van der Waals surface area contributed by atoms with Gasteiger partial charge in [-0.05, 0) is 37.5 Å². The molecule has 1 aliphatic rings. The maximum absolute atomic E-state index is 12.4. The highest BCUT2D eigenvalue weighted by Gasteiger charge is 2.30. The van der Waals surface area contributed by atoms with E-state index >= 15 is 0 Å². The van der Waals surface area contributed by atoms with E-state index in [0.717, 1.165) is 11.3 Å². The van der Waals surface area contributed by atoms with Crippen LogP contribution in [0.2, 0.25) is 0 Å². The molecule has 6 nitrogen and oxygen atoms in total. The first-order valence-electron chi connectivity index (χ1n) is 7.70. The van der Waals surface area contributed by atoms with E-state index in [1.54, 1.807) is 7.11 Å². The summed E-state index contributed by atoms with van der Waals surface area (Å²) in [5.41, 5.74) is 0.981. The van der Waals surface area contributed by atoms with Gasteiger partial charge in [-0.2, -0.15) is 0 Å². The topological polar surface area (TPSA) is 75.7 Å². The molecule has 128 valence electrons. The van der Waals surface area contributed by atoms with Gasteiger partial charge in [-0.15, -0.1) is 0 Å². The lowest BCUT2D eigenvalue weighted by molar-refractivity contribution is -0.126. The number of amides is 1. The number of sulfonamides is 1. The van der Waals surface area contributed by atoms with Crippen LogP contribution in [0.25, 0.3) is 0 Å². The zero-order chi connectivity index (χ0) is 17.0. The Kier molecular flexibility index (Phi) is 5.64. The van der Waals surface area contributed by atoms with Gasteiger partial charge in [-0.25, -0.2) is 12.7 Å². The molecular formula is C16H24N2O4S. The largest absolute Gasteiger partial charge is 0.497 e. The maximum atomic E-state index is 12.4. The number of nitrogens with zero attached hydrogens (tertiary/aromatic N) is 1. The van der Waals surface area contributed by atoms with E-state index in [-0.39, 0.29) is 24.4 Å². The van der Waals surface area contributed by atoms with E-state index in [1.807, 2.05) is 31.2 Å². The molecule has 2 rings (SSSR count). The number of nitrogens with one attached hydrogen (secondary N) is 1. The fraction of sp³-hybridized carbons (Fsp3) is 0.562. The van der Waals surface area contributed by atoms with Gasteiger partial charge in [0.05, 0.1) is 25.3 Å². The minimum Gasteiger partial charge on any atom is -0.497 e. The number of rotatable bonds is 5. The Morgan fingerprint density at radius 3 is 2.57 bits per heavy atom. The fourth-order valence-corrected chi connectivity index (χ4v) is 3.68. The molecule has 1 aliphatic heterocycles. The fourth-order valence-electron chi connectivity index (χ4n) is 2.76. The van der Waals surface area contributed by atoms with Crippen molar-refractivity contribution in [2.45, 2.75) is 25.8 Å². The molecule has 1 aromatic rings. The van der Waals surface area contributed by atoms with Crippen LogP contribution in [0.5, 0.6) is 5.75 Å². The molecule has 0 saturated carbocycles. The normalized spacial score (nSPS) is 20.7. The zero-order valence-electron chi connectivity index (χ0n) is 13.8. The minimum atomic E-state index is -3.24. The summed E-state index contributed by atoms with van der Waals surface area (Å²) in [5.74, 6) is 0.379. The minimum absolute atomic E-state index is 0.0957. The maximum Gasteiger partial charge on any atom is 0.224 e. The third-order valence-corrected chi connectivity index (χ3v) is 5.47. The molecule has 0 aromatic heterocycles. The van der Waals surface area contributed by atoms with Gasteiger partial charge in [-0.3, -0.25) is 4.79 Å². The van der Waals surface area contributed by atoms with Crippen LogP contribution in [0.4, 0.5) is 0 Å². The Balaban J connectivity index is 1.97. The van der Waals surface area contributed by atoms with Crippen LogP contribution >= 0.6 is 0 Å². The average molecular weight is 340 g/mol. The van der Waals surface area contributed by atoms with Gasteiger partial charge in [0.1, 0.15) is 5.75 Å². The predicted octanol–water partition coefficient (Wildman–Crippen LogP) is 1.54. The van der Waals surface area contributed by atoms with Crippen molar-refractivity contribution < 1.29 is 17.9 Å². The number of carbonyl (C=O) groups excluding carboxylic acids is 1. The van der Waals surface area contributed by atoms with Gasteiger partial charge < -0.3 is 10.1 Å². The van der Waals surface area contributed by atoms with Gasteiger partial charge in [0.25, 0.3) is 0 Å². The van der Waals surface area contributed by atoms with Crippen LogP contribution < -0.4 is 10.1 Å². The lowest BCUT2D eigenvalue weighted by Crippen LogP contribution is -2.45. The van der Waals surface area contributed by atoms with Crippen molar-refractivity contribution in [3.8, 4) is 5.75 Å². The van der Waals surface area contributed by atoms with Gasteiger partial charge in [0.15, 0.2) is 0 Å². The third kappa shape index (κ3) is 4.68. The highest BCUT2D eigenvalue weighted by Crippen LogP contribution is 2.21. The number of hydrogen-bond donors (Lipinski definition) is 1. The summed E-state index contributed by atoms with van der Waals surface area (Å²) < 4.78 is 29.8. The van der Waals surface area contributed by atoms with E-state index in [2.05, 4.69) is 5.32 Å². The number of ether oxygens (including phenoxy) is 1. The summed E-state index contributed by atoms with van der Waals surface area (Å²) in [6.45, 7) is 2.67. The molecule has 1 N–H and O–H groups in total. The van der Waals surface area contributed by atoms with Crippen molar-refractivity contribution >= 4 is 15.9 Å². The van der Waals surface area contributed by atoms with Crippen LogP contribution in [0, 0.1) is 5.92 Å². The Hall–Kier alpha value is -1.60. The second kappa shape index (κ2) is 7.31. The van der Waals surface area contributed by atoms with Crippen molar-refractivity contribution in [1.29, 1.82) is 0 Å². The first kappa shape index (κ1) is 17.7. The van der Waals surface area contributed by atoms with E-state index in [1.165, 1.54) is 10.6 Å². The summed E-state index contributed by atoms with van der Waals surface area (Å²) >= 11 is 0. The molecule has 1 saturated heterocycles. The predicted molar refractivity (Wildman–Crippen MR) is 88.7 cm³/mol. The highest BCUT2D eigenvalue weighted by molar-refractivity contribution is 7.88. The first-order valence-corrected chi connectivity index (χ1v) is 9.55. The zero-order valence-corrected chi connectivity index (χ0v) is 14.6.